The molecule has 0 N–H and O–H groups in total. The summed E-state index contributed by atoms with van der Waals surface area (Å²) in [6, 6.07) is 0. The largest absolute Gasteiger partial charge is 0.494 e. The van der Waals surface area contributed by atoms with Gasteiger partial charge in [-0.05, 0) is 38.3 Å². The van der Waals surface area contributed by atoms with Gasteiger partial charge in [-0.3, -0.25) is 0 Å². The van der Waals surface area contributed by atoms with Crippen LogP contribution in [0.4, 0.5) is 0 Å². The van der Waals surface area contributed by atoms with Crippen molar-refractivity contribution in [1.29, 1.82) is 0 Å². The van der Waals surface area contributed by atoms with Crippen LogP contribution in [-0.2, 0) is 4.74 Å². The molecule has 0 unspecified atom stereocenters. The van der Waals surface area contributed by atoms with E-state index in [4.69, 9.17) is 4.74 Å². The zero-order chi connectivity index (χ0) is 24.8. The fraction of sp³-hybridized carbons (Fsp3) is 0.879. The second-order valence-electron chi connectivity index (χ2n) is 10.5. The zero-order valence-electron chi connectivity index (χ0n) is 24.0. The Labute approximate surface area is 216 Å². The molecule has 0 aromatic heterocycles. The fourth-order valence-corrected chi connectivity index (χ4v) is 4.66. The van der Waals surface area contributed by atoms with Gasteiger partial charge in [-0.2, -0.15) is 0 Å². The highest BCUT2D eigenvalue weighted by Gasteiger charge is 1.96. The van der Waals surface area contributed by atoms with Crippen LogP contribution in [0.25, 0.3) is 0 Å². The van der Waals surface area contributed by atoms with Crippen molar-refractivity contribution in [2.24, 2.45) is 0 Å². The average molecular weight is 477 g/mol. The molecule has 0 amide bonds. The molecule has 0 saturated heterocycles. The normalized spacial score (nSPS) is 12.1. The predicted molar refractivity (Wildman–Crippen MR) is 156 cm³/mol. The lowest BCUT2D eigenvalue weighted by Crippen LogP contribution is -1.93. The Kier molecular flexibility index (Phi) is 29.7. The third-order valence-electron chi connectivity index (χ3n) is 7.06. The number of allylic oxidation sites excluding steroid dienone is 3. The maximum Gasteiger partial charge on any atom is 0.114 e. The molecular weight excluding hydrogens is 412 g/mol. The molecule has 0 aliphatic carbocycles. The van der Waals surface area contributed by atoms with E-state index >= 15 is 0 Å². The van der Waals surface area contributed by atoms with Crippen LogP contribution in [-0.4, -0.2) is 6.61 Å². The molecule has 0 saturated carbocycles. The van der Waals surface area contributed by atoms with Crippen molar-refractivity contribution in [3.05, 3.63) is 24.0 Å². The Balaban J connectivity index is 3.33. The van der Waals surface area contributed by atoms with Gasteiger partial charge in [-0.25, -0.2) is 0 Å². The van der Waals surface area contributed by atoms with Gasteiger partial charge in [0.2, 0.25) is 0 Å². The maximum atomic E-state index is 5.94. The zero-order valence-corrected chi connectivity index (χ0v) is 24.0. The minimum absolute atomic E-state index is 0.873. The molecule has 1 heteroatoms. The molecule has 202 valence electrons. The van der Waals surface area contributed by atoms with Gasteiger partial charge < -0.3 is 4.74 Å². The van der Waals surface area contributed by atoms with Crippen molar-refractivity contribution in [2.45, 2.75) is 181 Å². The molecule has 0 radical (unpaired) electrons. The van der Waals surface area contributed by atoms with Crippen LogP contribution in [0, 0.1) is 0 Å². The summed E-state index contributed by atoms with van der Waals surface area (Å²) < 4.78 is 5.94. The van der Waals surface area contributed by atoms with Crippen molar-refractivity contribution in [3.8, 4) is 0 Å². The standard InChI is InChI=1S/C33H64O/c1-4-7-9-11-13-15-16-17-18-19-20-21-22-23-24-25-27-29-31-33(6-3)34-32-30-28-26-14-12-10-8-5-2/h6,29,31H,4-5,7-28,30,32H2,1-3H3/b31-29+,33-6-. The Morgan fingerprint density at radius 3 is 1.21 bits per heavy atom. The van der Waals surface area contributed by atoms with E-state index < -0.39 is 0 Å². The monoisotopic (exact) mass is 476 g/mol. The number of ether oxygens (including phenoxy) is 1. The van der Waals surface area contributed by atoms with Crippen LogP contribution in [0.15, 0.2) is 24.0 Å². The van der Waals surface area contributed by atoms with E-state index in [0.717, 1.165) is 12.4 Å². The predicted octanol–water partition coefficient (Wildman–Crippen LogP) is 12.3. The second kappa shape index (κ2) is 30.3. The van der Waals surface area contributed by atoms with Crippen LogP contribution in [0.5, 0.6) is 0 Å². The Morgan fingerprint density at radius 1 is 0.471 bits per heavy atom. The first-order valence-corrected chi connectivity index (χ1v) is 15.8. The molecule has 1 nitrogen and oxygen atoms in total. The number of hydrogen-bond acceptors (Lipinski definition) is 1. The summed E-state index contributed by atoms with van der Waals surface area (Å²) in [5.41, 5.74) is 0. The van der Waals surface area contributed by atoms with E-state index in [1.165, 1.54) is 161 Å². The molecule has 0 aromatic rings. The third-order valence-corrected chi connectivity index (χ3v) is 7.06. The van der Waals surface area contributed by atoms with Gasteiger partial charge in [-0.1, -0.05) is 161 Å². The summed E-state index contributed by atoms with van der Waals surface area (Å²) in [7, 11) is 0. The molecule has 0 aliphatic heterocycles. The summed E-state index contributed by atoms with van der Waals surface area (Å²) in [6.45, 7) is 7.54. The van der Waals surface area contributed by atoms with Gasteiger partial charge in [0.1, 0.15) is 5.76 Å². The van der Waals surface area contributed by atoms with Crippen LogP contribution in [0.1, 0.15) is 181 Å². The van der Waals surface area contributed by atoms with Gasteiger partial charge in [0.25, 0.3) is 0 Å². The van der Waals surface area contributed by atoms with Gasteiger partial charge in [0.05, 0.1) is 6.61 Å². The van der Waals surface area contributed by atoms with E-state index in [-0.39, 0.29) is 0 Å². The topological polar surface area (TPSA) is 9.23 Å². The third kappa shape index (κ3) is 27.5. The van der Waals surface area contributed by atoms with Gasteiger partial charge in [0.15, 0.2) is 0 Å². The Bertz CT molecular complexity index is 422. The minimum atomic E-state index is 0.873. The number of unbranched alkanes of at least 4 members (excludes halogenated alkanes) is 23. The molecule has 0 bridgehead atoms. The molecule has 0 rings (SSSR count). The summed E-state index contributed by atoms with van der Waals surface area (Å²) in [5, 5.41) is 0. The molecule has 0 atom stereocenters. The smallest absolute Gasteiger partial charge is 0.114 e. The minimum Gasteiger partial charge on any atom is -0.494 e. The number of hydrogen-bond donors (Lipinski definition) is 0. The summed E-state index contributed by atoms with van der Waals surface area (Å²) in [6.07, 6.45) is 41.6. The van der Waals surface area contributed by atoms with Gasteiger partial charge in [-0.15, -0.1) is 0 Å². The van der Waals surface area contributed by atoms with E-state index in [0.29, 0.717) is 0 Å². The lowest BCUT2D eigenvalue weighted by Gasteiger charge is -2.07. The van der Waals surface area contributed by atoms with Gasteiger partial charge in [0, 0.05) is 0 Å². The highest BCUT2D eigenvalue weighted by molar-refractivity contribution is 5.10. The first-order chi connectivity index (χ1) is 16.8. The van der Waals surface area contributed by atoms with Crippen LogP contribution >= 0.6 is 0 Å². The van der Waals surface area contributed by atoms with E-state index in [2.05, 4.69) is 39.0 Å². The van der Waals surface area contributed by atoms with Crippen molar-refractivity contribution in [3.63, 3.8) is 0 Å². The molecular formula is C33H64O. The Hall–Kier alpha value is -0.720. The molecule has 0 heterocycles. The molecule has 34 heavy (non-hydrogen) atoms. The lowest BCUT2D eigenvalue weighted by molar-refractivity contribution is 0.216. The maximum absolute atomic E-state index is 5.94. The van der Waals surface area contributed by atoms with Gasteiger partial charge >= 0.3 is 0 Å². The quantitative estimate of drug-likeness (QED) is 0.0619. The summed E-state index contributed by atoms with van der Waals surface area (Å²) >= 11 is 0. The van der Waals surface area contributed by atoms with Crippen LogP contribution < -0.4 is 0 Å². The molecule has 0 aliphatic rings. The highest BCUT2D eigenvalue weighted by Crippen LogP contribution is 2.14. The van der Waals surface area contributed by atoms with Crippen molar-refractivity contribution < 1.29 is 4.74 Å². The van der Waals surface area contributed by atoms with Crippen molar-refractivity contribution in [1.82, 2.24) is 0 Å². The van der Waals surface area contributed by atoms with Crippen LogP contribution in [0.3, 0.4) is 0 Å². The van der Waals surface area contributed by atoms with Crippen molar-refractivity contribution in [2.75, 3.05) is 6.61 Å². The number of rotatable bonds is 28. The summed E-state index contributed by atoms with van der Waals surface area (Å²) in [5.74, 6) is 1.06. The van der Waals surface area contributed by atoms with Crippen LogP contribution in [0.2, 0.25) is 0 Å². The SMILES string of the molecule is C/C=C(/C=C/CCCCCCCCCCCCCCCCCC)OCCCCCCCCCC. The molecule has 0 fully saturated rings. The first kappa shape index (κ1) is 33.3. The van der Waals surface area contributed by atoms with Crippen molar-refractivity contribution >= 4 is 0 Å². The molecule has 0 aromatic carbocycles. The fourth-order valence-electron chi connectivity index (χ4n) is 4.66. The van der Waals surface area contributed by atoms with E-state index in [1.807, 2.05) is 0 Å². The highest BCUT2D eigenvalue weighted by atomic mass is 16.5. The first-order valence-electron chi connectivity index (χ1n) is 15.8. The Morgan fingerprint density at radius 2 is 0.824 bits per heavy atom. The lowest BCUT2D eigenvalue weighted by atomic mass is 10.0. The van der Waals surface area contributed by atoms with E-state index in [9.17, 15) is 0 Å². The van der Waals surface area contributed by atoms with E-state index in [1.54, 1.807) is 0 Å². The second-order valence-corrected chi connectivity index (χ2v) is 10.5. The average Bonchev–Trinajstić information content (AvgIpc) is 2.85. The summed E-state index contributed by atoms with van der Waals surface area (Å²) in [4.78, 5) is 0. The molecule has 0 spiro atoms.